The number of hydrogen-bond donors (Lipinski definition) is 0. The van der Waals surface area contributed by atoms with Gasteiger partial charge in [0.15, 0.2) is 0 Å². The van der Waals surface area contributed by atoms with Crippen molar-refractivity contribution < 1.29 is 14.3 Å². The van der Waals surface area contributed by atoms with E-state index in [2.05, 4.69) is 20.9 Å². The Morgan fingerprint density at radius 3 is 2.71 bits per heavy atom. The van der Waals surface area contributed by atoms with Crippen molar-refractivity contribution in [1.82, 2.24) is 4.98 Å². The number of benzene rings is 1. The Balaban J connectivity index is 2.34. The van der Waals surface area contributed by atoms with Crippen LogP contribution in [0.4, 0.5) is 0 Å². The van der Waals surface area contributed by atoms with Crippen LogP contribution in [-0.4, -0.2) is 18.1 Å². The molecule has 1 atom stereocenters. The van der Waals surface area contributed by atoms with Crippen LogP contribution in [0.25, 0.3) is 0 Å². The maximum atomic E-state index is 11.7. The maximum absolute atomic E-state index is 11.7. The summed E-state index contributed by atoms with van der Waals surface area (Å²) < 4.78 is 10.4. The molecule has 1 aromatic carbocycles. The molecule has 110 valence electrons. The van der Waals surface area contributed by atoms with Gasteiger partial charge in [0.25, 0.3) is 0 Å². The summed E-state index contributed by atoms with van der Waals surface area (Å²) in [4.78, 5) is 15.9. The highest BCUT2D eigenvalue weighted by atomic mass is 79.9. The molecular weight excluding hydrogens is 358 g/mol. The lowest BCUT2D eigenvalue weighted by atomic mass is 10.1. The summed E-state index contributed by atoms with van der Waals surface area (Å²) in [6.45, 7) is 1.87. The Hall–Kier alpha value is -1.59. The van der Waals surface area contributed by atoms with Crippen LogP contribution < -0.4 is 4.74 Å². The van der Waals surface area contributed by atoms with Gasteiger partial charge in [0.05, 0.1) is 23.2 Å². The highest BCUT2D eigenvalue weighted by molar-refractivity contribution is 9.09. The normalized spacial score (nSPS) is 11.8. The molecule has 0 spiro atoms. The van der Waals surface area contributed by atoms with Crippen LogP contribution in [0, 0.1) is 0 Å². The van der Waals surface area contributed by atoms with Crippen molar-refractivity contribution in [3.63, 3.8) is 0 Å². The van der Waals surface area contributed by atoms with Gasteiger partial charge >= 0.3 is 5.97 Å². The summed E-state index contributed by atoms with van der Waals surface area (Å²) in [5, 5.41) is 0.577. The minimum absolute atomic E-state index is 0.116. The summed E-state index contributed by atoms with van der Waals surface area (Å²) in [5.74, 6) is 0.526. The number of pyridine rings is 1. The van der Waals surface area contributed by atoms with Crippen molar-refractivity contribution in [1.29, 1.82) is 0 Å². The number of halogens is 2. The Kier molecular flexibility index (Phi) is 5.20. The molecule has 0 fully saturated rings. The average molecular weight is 371 g/mol. The molecule has 0 aliphatic rings. The standard InChI is InChI=1S/C15H13BrClNO3/c1-9(16)14-12(15(19)20-2)6-7-13(18-14)21-11-5-3-4-10(17)8-11/h3-9H,1-2H3. The van der Waals surface area contributed by atoms with E-state index in [1.54, 1.807) is 36.4 Å². The average Bonchev–Trinajstić information content (AvgIpc) is 2.46. The number of alkyl halides is 1. The van der Waals surface area contributed by atoms with Crippen molar-refractivity contribution in [2.24, 2.45) is 0 Å². The second-order valence-electron chi connectivity index (χ2n) is 4.25. The number of rotatable bonds is 4. The van der Waals surface area contributed by atoms with Gasteiger partial charge in [-0.2, -0.15) is 0 Å². The first-order chi connectivity index (χ1) is 10.0. The van der Waals surface area contributed by atoms with Crippen LogP contribution in [0.5, 0.6) is 11.6 Å². The van der Waals surface area contributed by atoms with E-state index in [0.29, 0.717) is 27.9 Å². The van der Waals surface area contributed by atoms with E-state index in [1.807, 2.05) is 6.92 Å². The summed E-state index contributed by atoms with van der Waals surface area (Å²) in [5.41, 5.74) is 0.960. The highest BCUT2D eigenvalue weighted by Gasteiger charge is 2.18. The molecular formula is C15H13BrClNO3. The number of hydrogen-bond acceptors (Lipinski definition) is 4. The van der Waals surface area contributed by atoms with Crippen LogP contribution in [0.1, 0.15) is 27.8 Å². The van der Waals surface area contributed by atoms with Crippen molar-refractivity contribution in [2.45, 2.75) is 11.8 Å². The molecule has 0 saturated carbocycles. The van der Waals surface area contributed by atoms with E-state index in [1.165, 1.54) is 7.11 Å². The first-order valence-electron chi connectivity index (χ1n) is 6.18. The van der Waals surface area contributed by atoms with Crippen LogP contribution in [-0.2, 0) is 4.74 Å². The number of carbonyl (C=O) groups excluding carboxylic acids is 1. The summed E-state index contributed by atoms with van der Waals surface area (Å²) in [6, 6.07) is 10.3. The van der Waals surface area contributed by atoms with E-state index >= 15 is 0 Å². The number of carbonyl (C=O) groups is 1. The molecule has 2 rings (SSSR count). The van der Waals surface area contributed by atoms with E-state index in [0.717, 1.165) is 0 Å². The zero-order valence-electron chi connectivity index (χ0n) is 11.5. The number of ether oxygens (including phenoxy) is 2. The Morgan fingerprint density at radius 1 is 1.33 bits per heavy atom. The van der Waals surface area contributed by atoms with Crippen LogP contribution in [0.15, 0.2) is 36.4 Å². The lowest BCUT2D eigenvalue weighted by Gasteiger charge is -2.12. The molecule has 1 unspecified atom stereocenters. The van der Waals surface area contributed by atoms with Gasteiger partial charge in [-0.3, -0.25) is 0 Å². The van der Waals surface area contributed by atoms with Gasteiger partial charge < -0.3 is 9.47 Å². The monoisotopic (exact) mass is 369 g/mol. The van der Waals surface area contributed by atoms with Gasteiger partial charge in [-0.25, -0.2) is 9.78 Å². The van der Waals surface area contributed by atoms with Gasteiger partial charge in [-0.05, 0) is 31.2 Å². The molecule has 0 radical (unpaired) electrons. The summed E-state index contributed by atoms with van der Waals surface area (Å²) in [6.07, 6.45) is 0. The number of esters is 1. The van der Waals surface area contributed by atoms with Crippen LogP contribution in [0.3, 0.4) is 0 Å². The maximum Gasteiger partial charge on any atom is 0.339 e. The topological polar surface area (TPSA) is 48.4 Å². The van der Waals surface area contributed by atoms with Gasteiger partial charge in [0.1, 0.15) is 5.75 Å². The fraction of sp³-hybridized carbons (Fsp3) is 0.200. The molecule has 0 saturated heterocycles. The minimum Gasteiger partial charge on any atom is -0.465 e. The Morgan fingerprint density at radius 2 is 2.10 bits per heavy atom. The van der Waals surface area contributed by atoms with Crippen molar-refractivity contribution in [3.05, 3.63) is 52.7 Å². The first-order valence-corrected chi connectivity index (χ1v) is 7.47. The third kappa shape index (κ3) is 3.95. The Bertz CT molecular complexity index is 661. The fourth-order valence-corrected chi connectivity index (χ4v) is 2.28. The van der Waals surface area contributed by atoms with Gasteiger partial charge in [-0.1, -0.05) is 33.6 Å². The third-order valence-corrected chi connectivity index (χ3v) is 3.37. The lowest BCUT2D eigenvalue weighted by molar-refractivity contribution is 0.0599. The number of aromatic nitrogens is 1. The number of nitrogens with zero attached hydrogens (tertiary/aromatic N) is 1. The Labute approximate surface area is 136 Å². The second kappa shape index (κ2) is 6.91. The lowest BCUT2D eigenvalue weighted by Crippen LogP contribution is -2.08. The van der Waals surface area contributed by atoms with E-state index in [9.17, 15) is 4.79 Å². The third-order valence-electron chi connectivity index (χ3n) is 2.70. The van der Waals surface area contributed by atoms with Gasteiger partial charge in [0.2, 0.25) is 5.88 Å². The van der Waals surface area contributed by atoms with Crippen LogP contribution in [0.2, 0.25) is 5.02 Å². The predicted octanol–water partition coefficient (Wildman–Crippen LogP) is 4.77. The van der Waals surface area contributed by atoms with Crippen molar-refractivity contribution in [3.8, 4) is 11.6 Å². The molecule has 0 aliphatic heterocycles. The van der Waals surface area contributed by atoms with Crippen molar-refractivity contribution in [2.75, 3.05) is 7.11 Å². The molecule has 2 aromatic rings. The predicted molar refractivity (Wildman–Crippen MR) is 84.4 cm³/mol. The largest absolute Gasteiger partial charge is 0.465 e. The van der Waals surface area contributed by atoms with Crippen LogP contribution >= 0.6 is 27.5 Å². The molecule has 4 nitrogen and oxygen atoms in total. The zero-order valence-corrected chi connectivity index (χ0v) is 13.8. The minimum atomic E-state index is -0.432. The first kappa shape index (κ1) is 15.8. The molecule has 0 bridgehead atoms. The SMILES string of the molecule is COC(=O)c1ccc(Oc2cccc(Cl)c2)nc1C(C)Br. The molecule has 21 heavy (non-hydrogen) atoms. The number of methoxy groups -OCH3 is 1. The smallest absolute Gasteiger partial charge is 0.339 e. The van der Waals surface area contributed by atoms with Crippen molar-refractivity contribution >= 4 is 33.5 Å². The summed E-state index contributed by atoms with van der Waals surface area (Å²) in [7, 11) is 1.33. The van der Waals surface area contributed by atoms with Gasteiger partial charge in [-0.15, -0.1) is 0 Å². The van der Waals surface area contributed by atoms with E-state index in [4.69, 9.17) is 21.1 Å². The van der Waals surface area contributed by atoms with E-state index < -0.39 is 5.97 Å². The molecule has 0 amide bonds. The fourth-order valence-electron chi connectivity index (χ4n) is 1.75. The second-order valence-corrected chi connectivity index (χ2v) is 6.06. The highest BCUT2D eigenvalue weighted by Crippen LogP contribution is 2.29. The quantitative estimate of drug-likeness (QED) is 0.574. The molecule has 6 heteroatoms. The molecule has 1 heterocycles. The van der Waals surface area contributed by atoms with E-state index in [-0.39, 0.29) is 4.83 Å². The zero-order chi connectivity index (χ0) is 15.4. The van der Waals surface area contributed by atoms with Gasteiger partial charge in [0, 0.05) is 11.1 Å². The molecule has 1 aromatic heterocycles. The molecule has 0 N–H and O–H groups in total. The molecule has 0 aliphatic carbocycles. The summed E-state index contributed by atoms with van der Waals surface area (Å²) >= 11 is 9.32.